The molecule has 0 aliphatic heterocycles. The van der Waals surface area contributed by atoms with Gasteiger partial charge in [0, 0.05) is 12.5 Å². The van der Waals surface area contributed by atoms with E-state index in [0.29, 0.717) is 6.54 Å². The second-order valence-electron chi connectivity index (χ2n) is 4.19. The molecule has 0 spiro atoms. The molecule has 2 heteroatoms. The van der Waals surface area contributed by atoms with Crippen LogP contribution in [0.4, 0.5) is 0 Å². The normalized spacial score (nSPS) is 16.0. The number of hydrogen-bond donors (Lipinski definition) is 1. The second kappa shape index (κ2) is 5.50. The lowest BCUT2D eigenvalue weighted by Crippen LogP contribution is -2.34. The number of nitrogens with one attached hydrogen (secondary N) is 1. The van der Waals surface area contributed by atoms with Crippen LogP contribution in [-0.4, -0.2) is 12.5 Å². The molecule has 0 atom stereocenters. The molecular formula is C14H17NO. The maximum atomic E-state index is 11.5. The van der Waals surface area contributed by atoms with E-state index >= 15 is 0 Å². The zero-order chi connectivity index (χ0) is 11.2. The first kappa shape index (κ1) is 10.9. The third kappa shape index (κ3) is 2.96. The average molecular weight is 215 g/mol. The molecule has 2 rings (SSSR count). The standard InChI is InChI=1S/C14H17NO/c16-14(13-9-4-10-13)15-11-5-8-12-6-2-1-3-7-12/h1-3,5-8,13H,4,9-11H2,(H,15,16). The van der Waals surface area contributed by atoms with Crippen LogP contribution in [0.1, 0.15) is 24.8 Å². The van der Waals surface area contributed by atoms with E-state index in [2.05, 4.69) is 5.32 Å². The van der Waals surface area contributed by atoms with Crippen LogP contribution in [0.5, 0.6) is 0 Å². The summed E-state index contributed by atoms with van der Waals surface area (Å²) in [6.07, 6.45) is 7.35. The summed E-state index contributed by atoms with van der Waals surface area (Å²) in [6, 6.07) is 10.1. The molecule has 0 heterocycles. The van der Waals surface area contributed by atoms with Crippen LogP contribution in [-0.2, 0) is 4.79 Å². The highest BCUT2D eigenvalue weighted by Gasteiger charge is 2.24. The predicted molar refractivity (Wildman–Crippen MR) is 65.8 cm³/mol. The van der Waals surface area contributed by atoms with Crippen molar-refractivity contribution in [2.24, 2.45) is 5.92 Å². The van der Waals surface area contributed by atoms with Crippen LogP contribution < -0.4 is 5.32 Å². The fourth-order valence-corrected chi connectivity index (χ4v) is 1.73. The van der Waals surface area contributed by atoms with Gasteiger partial charge >= 0.3 is 0 Å². The van der Waals surface area contributed by atoms with Crippen molar-refractivity contribution in [2.45, 2.75) is 19.3 Å². The van der Waals surface area contributed by atoms with E-state index in [1.165, 1.54) is 12.0 Å². The molecule has 1 amide bonds. The Hall–Kier alpha value is -1.57. The Kier molecular flexibility index (Phi) is 3.76. The van der Waals surface area contributed by atoms with Gasteiger partial charge in [0.05, 0.1) is 0 Å². The monoisotopic (exact) mass is 215 g/mol. The number of rotatable bonds is 4. The van der Waals surface area contributed by atoms with E-state index < -0.39 is 0 Å². The van der Waals surface area contributed by atoms with Crippen LogP contribution >= 0.6 is 0 Å². The lowest BCUT2D eigenvalue weighted by molar-refractivity contribution is -0.127. The molecular weight excluding hydrogens is 198 g/mol. The van der Waals surface area contributed by atoms with Crippen LogP contribution in [0.25, 0.3) is 6.08 Å². The summed E-state index contributed by atoms with van der Waals surface area (Å²) in [6.45, 7) is 0.629. The zero-order valence-electron chi connectivity index (χ0n) is 9.36. The summed E-state index contributed by atoms with van der Waals surface area (Å²) < 4.78 is 0. The van der Waals surface area contributed by atoms with Crippen molar-refractivity contribution in [1.29, 1.82) is 0 Å². The molecule has 0 aromatic heterocycles. The molecule has 0 radical (unpaired) electrons. The van der Waals surface area contributed by atoms with Crippen molar-refractivity contribution in [3.8, 4) is 0 Å². The molecule has 0 saturated heterocycles. The molecule has 1 aromatic carbocycles. The topological polar surface area (TPSA) is 29.1 Å². The van der Waals surface area contributed by atoms with Gasteiger partial charge in [-0.1, -0.05) is 48.9 Å². The Balaban J connectivity index is 1.71. The number of benzene rings is 1. The van der Waals surface area contributed by atoms with Gasteiger partial charge in [-0.2, -0.15) is 0 Å². The SMILES string of the molecule is O=C(NCC=Cc1ccccc1)C1CCC1. The lowest BCUT2D eigenvalue weighted by atomic mass is 9.85. The second-order valence-corrected chi connectivity index (χ2v) is 4.19. The molecule has 2 nitrogen and oxygen atoms in total. The molecule has 1 fully saturated rings. The smallest absolute Gasteiger partial charge is 0.223 e. The Morgan fingerprint density at radius 3 is 2.69 bits per heavy atom. The fourth-order valence-electron chi connectivity index (χ4n) is 1.73. The number of carbonyl (C=O) groups excluding carboxylic acids is 1. The highest BCUT2D eigenvalue weighted by molar-refractivity contribution is 5.79. The highest BCUT2D eigenvalue weighted by atomic mass is 16.1. The lowest BCUT2D eigenvalue weighted by Gasteiger charge is -2.23. The molecule has 0 unspecified atom stereocenters. The Morgan fingerprint density at radius 1 is 1.31 bits per heavy atom. The van der Waals surface area contributed by atoms with E-state index in [1.54, 1.807) is 0 Å². The Morgan fingerprint density at radius 2 is 2.06 bits per heavy atom. The van der Waals surface area contributed by atoms with Gasteiger partial charge < -0.3 is 5.32 Å². The van der Waals surface area contributed by atoms with Crippen molar-refractivity contribution in [2.75, 3.05) is 6.54 Å². The molecule has 1 aliphatic carbocycles. The van der Waals surface area contributed by atoms with Crippen molar-refractivity contribution >= 4 is 12.0 Å². The van der Waals surface area contributed by atoms with Gasteiger partial charge in [0.2, 0.25) is 5.91 Å². The Bertz CT molecular complexity index is 366. The largest absolute Gasteiger partial charge is 0.352 e. The molecule has 84 valence electrons. The van der Waals surface area contributed by atoms with Gasteiger partial charge in [-0.05, 0) is 18.4 Å². The van der Waals surface area contributed by atoms with Crippen molar-refractivity contribution in [3.63, 3.8) is 0 Å². The number of amides is 1. The predicted octanol–water partition coefficient (Wildman–Crippen LogP) is 2.62. The summed E-state index contributed by atoms with van der Waals surface area (Å²) in [4.78, 5) is 11.5. The minimum Gasteiger partial charge on any atom is -0.352 e. The van der Waals surface area contributed by atoms with E-state index in [0.717, 1.165) is 12.8 Å². The van der Waals surface area contributed by atoms with E-state index in [1.807, 2.05) is 42.5 Å². The minimum atomic E-state index is 0.212. The van der Waals surface area contributed by atoms with Crippen molar-refractivity contribution in [1.82, 2.24) is 5.32 Å². The summed E-state index contributed by atoms with van der Waals surface area (Å²) in [5, 5.41) is 2.93. The number of carbonyl (C=O) groups is 1. The van der Waals surface area contributed by atoms with E-state index in [4.69, 9.17) is 0 Å². The van der Waals surface area contributed by atoms with Gasteiger partial charge in [0.1, 0.15) is 0 Å². The first-order chi connectivity index (χ1) is 7.86. The summed E-state index contributed by atoms with van der Waals surface area (Å²) in [5.74, 6) is 0.495. The fraction of sp³-hybridized carbons (Fsp3) is 0.357. The Labute approximate surface area is 96.4 Å². The van der Waals surface area contributed by atoms with Gasteiger partial charge in [0.15, 0.2) is 0 Å². The van der Waals surface area contributed by atoms with Gasteiger partial charge in [-0.3, -0.25) is 4.79 Å². The maximum absolute atomic E-state index is 11.5. The number of hydrogen-bond acceptors (Lipinski definition) is 1. The summed E-state index contributed by atoms with van der Waals surface area (Å²) in [5.41, 5.74) is 1.17. The minimum absolute atomic E-state index is 0.212. The molecule has 16 heavy (non-hydrogen) atoms. The van der Waals surface area contributed by atoms with Crippen LogP contribution in [0.15, 0.2) is 36.4 Å². The molecule has 1 N–H and O–H groups in total. The van der Waals surface area contributed by atoms with Crippen molar-refractivity contribution < 1.29 is 4.79 Å². The van der Waals surface area contributed by atoms with E-state index in [9.17, 15) is 4.79 Å². The average Bonchev–Trinajstić information content (AvgIpc) is 2.23. The first-order valence-corrected chi connectivity index (χ1v) is 5.85. The van der Waals surface area contributed by atoms with Gasteiger partial charge in [-0.25, -0.2) is 0 Å². The van der Waals surface area contributed by atoms with Crippen LogP contribution in [0, 0.1) is 5.92 Å². The first-order valence-electron chi connectivity index (χ1n) is 5.85. The molecule has 0 bridgehead atoms. The summed E-state index contributed by atoms with van der Waals surface area (Å²) >= 11 is 0. The maximum Gasteiger partial charge on any atom is 0.223 e. The quantitative estimate of drug-likeness (QED) is 0.822. The van der Waals surface area contributed by atoms with Crippen LogP contribution in [0.2, 0.25) is 0 Å². The molecule has 1 aliphatic rings. The molecule has 1 saturated carbocycles. The molecule has 1 aromatic rings. The van der Waals surface area contributed by atoms with Crippen molar-refractivity contribution in [3.05, 3.63) is 42.0 Å². The third-order valence-electron chi connectivity index (χ3n) is 2.98. The van der Waals surface area contributed by atoms with Gasteiger partial charge in [-0.15, -0.1) is 0 Å². The van der Waals surface area contributed by atoms with E-state index in [-0.39, 0.29) is 11.8 Å². The van der Waals surface area contributed by atoms with Gasteiger partial charge in [0.25, 0.3) is 0 Å². The van der Waals surface area contributed by atoms with Crippen LogP contribution in [0.3, 0.4) is 0 Å². The zero-order valence-corrected chi connectivity index (χ0v) is 9.36. The highest BCUT2D eigenvalue weighted by Crippen LogP contribution is 2.25. The summed E-state index contributed by atoms with van der Waals surface area (Å²) in [7, 11) is 0. The third-order valence-corrected chi connectivity index (χ3v) is 2.98.